The van der Waals surface area contributed by atoms with E-state index >= 15 is 0 Å². The first-order chi connectivity index (χ1) is 9.50. The molecule has 104 valence electrons. The predicted molar refractivity (Wildman–Crippen MR) is 79.2 cm³/mol. The van der Waals surface area contributed by atoms with Gasteiger partial charge in [0.1, 0.15) is 0 Å². The Morgan fingerprint density at radius 3 is 2.55 bits per heavy atom. The zero-order valence-electron chi connectivity index (χ0n) is 12.2. The van der Waals surface area contributed by atoms with Crippen LogP contribution in [0.15, 0.2) is 29.5 Å². The van der Waals surface area contributed by atoms with E-state index in [0.29, 0.717) is 17.1 Å². The van der Waals surface area contributed by atoms with Gasteiger partial charge in [-0.3, -0.25) is 18.7 Å². The van der Waals surface area contributed by atoms with E-state index in [0.717, 1.165) is 11.2 Å². The van der Waals surface area contributed by atoms with Crippen molar-refractivity contribution in [1.29, 1.82) is 0 Å². The van der Waals surface area contributed by atoms with Gasteiger partial charge in [0.25, 0.3) is 5.56 Å². The largest absolute Gasteiger partial charge is 0.283 e. The van der Waals surface area contributed by atoms with E-state index in [1.807, 2.05) is 30.5 Å². The van der Waals surface area contributed by atoms with Gasteiger partial charge in [0.2, 0.25) is 5.78 Å². The van der Waals surface area contributed by atoms with E-state index in [9.17, 15) is 4.79 Å². The molecule has 3 rings (SSSR count). The van der Waals surface area contributed by atoms with Gasteiger partial charge in [-0.05, 0) is 25.8 Å². The van der Waals surface area contributed by atoms with Crippen LogP contribution in [-0.2, 0) is 0 Å². The molecule has 0 aliphatic carbocycles. The van der Waals surface area contributed by atoms with Gasteiger partial charge in [-0.1, -0.05) is 13.8 Å². The quantitative estimate of drug-likeness (QED) is 0.719. The molecule has 3 aromatic rings. The highest BCUT2D eigenvalue weighted by atomic mass is 16.1. The molecule has 3 heterocycles. The molecule has 0 aliphatic rings. The maximum Gasteiger partial charge on any atom is 0.263 e. The highest BCUT2D eigenvalue weighted by Crippen LogP contribution is 2.19. The Hall–Kier alpha value is -2.17. The maximum atomic E-state index is 12.7. The van der Waals surface area contributed by atoms with E-state index in [2.05, 4.69) is 23.8 Å². The van der Waals surface area contributed by atoms with Crippen molar-refractivity contribution in [1.82, 2.24) is 18.9 Å². The van der Waals surface area contributed by atoms with Crippen LogP contribution in [0, 0.1) is 0 Å². The number of rotatable bonds is 2. The van der Waals surface area contributed by atoms with Crippen LogP contribution in [-0.4, -0.2) is 18.9 Å². The Labute approximate surface area is 116 Å². The van der Waals surface area contributed by atoms with Crippen LogP contribution in [0.1, 0.15) is 45.3 Å². The Morgan fingerprint density at radius 2 is 1.90 bits per heavy atom. The fourth-order valence-corrected chi connectivity index (χ4v) is 2.49. The van der Waals surface area contributed by atoms with E-state index in [1.165, 1.54) is 0 Å². The Kier molecular flexibility index (Phi) is 2.85. The molecule has 0 aromatic carbocycles. The Bertz CT molecular complexity index is 842. The summed E-state index contributed by atoms with van der Waals surface area (Å²) in [7, 11) is 0. The van der Waals surface area contributed by atoms with Gasteiger partial charge in [0.15, 0.2) is 0 Å². The second-order valence-corrected chi connectivity index (χ2v) is 5.65. The Balaban J connectivity index is 2.52. The zero-order valence-corrected chi connectivity index (χ0v) is 12.2. The third kappa shape index (κ3) is 1.73. The van der Waals surface area contributed by atoms with Gasteiger partial charge in [0.05, 0.1) is 17.1 Å². The maximum absolute atomic E-state index is 12.7. The topological polar surface area (TPSA) is 52.2 Å². The smallest absolute Gasteiger partial charge is 0.263 e. The normalized spacial score (nSPS) is 12.1. The third-order valence-corrected chi connectivity index (χ3v) is 3.56. The summed E-state index contributed by atoms with van der Waals surface area (Å²) in [5.74, 6) is 0.960. The van der Waals surface area contributed by atoms with Crippen molar-refractivity contribution >= 4 is 16.7 Å². The molecule has 0 aliphatic heterocycles. The average molecular weight is 270 g/mol. The summed E-state index contributed by atoms with van der Waals surface area (Å²) in [6, 6.07) is 1.97. The Morgan fingerprint density at radius 1 is 1.15 bits per heavy atom. The van der Waals surface area contributed by atoms with Gasteiger partial charge in [-0.15, -0.1) is 0 Å². The SMILES string of the molecule is CC(C)c1cc2c(=O)n(C(C)C)c3nccn3c2cn1. The molecule has 0 radical (unpaired) electrons. The zero-order chi connectivity index (χ0) is 14.4. The van der Waals surface area contributed by atoms with Crippen LogP contribution in [0.25, 0.3) is 16.7 Å². The molecular weight excluding hydrogens is 252 g/mol. The van der Waals surface area contributed by atoms with Crippen LogP contribution < -0.4 is 5.56 Å². The molecule has 5 heteroatoms. The number of fused-ring (bicyclic) bond motifs is 3. The first-order valence-electron chi connectivity index (χ1n) is 6.88. The summed E-state index contributed by atoms with van der Waals surface area (Å²) in [5.41, 5.74) is 1.74. The van der Waals surface area contributed by atoms with Crippen LogP contribution in [0.3, 0.4) is 0 Å². The summed E-state index contributed by atoms with van der Waals surface area (Å²) in [6.45, 7) is 8.13. The summed E-state index contributed by atoms with van der Waals surface area (Å²) in [4.78, 5) is 21.5. The summed E-state index contributed by atoms with van der Waals surface area (Å²) in [5, 5.41) is 0.697. The number of hydrogen-bond donors (Lipinski definition) is 0. The molecule has 0 amide bonds. The molecule has 20 heavy (non-hydrogen) atoms. The number of pyridine rings is 1. The lowest BCUT2D eigenvalue weighted by Crippen LogP contribution is -2.25. The van der Waals surface area contributed by atoms with Crippen LogP contribution in [0.4, 0.5) is 0 Å². The van der Waals surface area contributed by atoms with E-state index in [1.54, 1.807) is 17.0 Å². The number of hydrogen-bond acceptors (Lipinski definition) is 3. The van der Waals surface area contributed by atoms with E-state index in [4.69, 9.17) is 0 Å². The van der Waals surface area contributed by atoms with Crippen molar-refractivity contribution in [3.63, 3.8) is 0 Å². The molecule has 0 saturated heterocycles. The first kappa shape index (κ1) is 12.8. The third-order valence-electron chi connectivity index (χ3n) is 3.56. The predicted octanol–water partition coefficient (Wildman–Crippen LogP) is 2.75. The van der Waals surface area contributed by atoms with Crippen LogP contribution in [0.2, 0.25) is 0 Å². The van der Waals surface area contributed by atoms with Crippen molar-refractivity contribution < 1.29 is 0 Å². The summed E-state index contributed by atoms with van der Waals surface area (Å²) < 4.78 is 3.65. The van der Waals surface area contributed by atoms with Gasteiger partial charge < -0.3 is 0 Å². The molecule has 0 N–H and O–H groups in total. The minimum Gasteiger partial charge on any atom is -0.283 e. The average Bonchev–Trinajstić information content (AvgIpc) is 2.87. The van der Waals surface area contributed by atoms with Crippen molar-refractivity contribution in [2.45, 2.75) is 39.7 Å². The molecule has 0 spiro atoms. The highest BCUT2D eigenvalue weighted by molar-refractivity contribution is 5.80. The highest BCUT2D eigenvalue weighted by Gasteiger charge is 2.15. The van der Waals surface area contributed by atoms with Crippen molar-refractivity contribution in [2.75, 3.05) is 0 Å². The second kappa shape index (κ2) is 4.44. The van der Waals surface area contributed by atoms with Crippen molar-refractivity contribution in [3.05, 3.63) is 40.7 Å². The molecule has 0 saturated carbocycles. The van der Waals surface area contributed by atoms with Crippen molar-refractivity contribution in [3.8, 4) is 0 Å². The standard InChI is InChI=1S/C15H18N4O/c1-9(2)12-7-11-13(8-17-12)18-6-5-16-15(18)19(10(3)4)14(11)20/h5-10H,1-4H3. The number of nitrogens with zero attached hydrogens (tertiary/aromatic N) is 4. The minimum absolute atomic E-state index is 0.00185. The number of imidazole rings is 1. The fourth-order valence-electron chi connectivity index (χ4n) is 2.49. The second-order valence-electron chi connectivity index (χ2n) is 5.65. The summed E-state index contributed by atoms with van der Waals surface area (Å²) in [6.07, 6.45) is 5.35. The van der Waals surface area contributed by atoms with Crippen LogP contribution in [0.5, 0.6) is 0 Å². The van der Waals surface area contributed by atoms with Crippen molar-refractivity contribution in [2.24, 2.45) is 0 Å². The lowest BCUT2D eigenvalue weighted by atomic mass is 10.1. The van der Waals surface area contributed by atoms with Crippen LogP contribution >= 0.6 is 0 Å². The molecular formula is C15H18N4O. The molecule has 0 atom stereocenters. The van der Waals surface area contributed by atoms with E-state index in [-0.39, 0.29) is 11.6 Å². The number of aromatic nitrogens is 4. The molecule has 5 nitrogen and oxygen atoms in total. The minimum atomic E-state index is -0.00185. The van der Waals surface area contributed by atoms with E-state index < -0.39 is 0 Å². The van der Waals surface area contributed by atoms with Gasteiger partial charge in [-0.2, -0.15) is 0 Å². The first-order valence-corrected chi connectivity index (χ1v) is 6.88. The van der Waals surface area contributed by atoms with Gasteiger partial charge in [0, 0.05) is 24.1 Å². The molecule has 0 unspecified atom stereocenters. The van der Waals surface area contributed by atoms with Gasteiger partial charge >= 0.3 is 0 Å². The molecule has 0 fully saturated rings. The van der Waals surface area contributed by atoms with Gasteiger partial charge in [-0.25, -0.2) is 4.98 Å². The summed E-state index contributed by atoms with van der Waals surface area (Å²) >= 11 is 0. The monoisotopic (exact) mass is 270 g/mol. The fraction of sp³-hybridized carbons (Fsp3) is 0.400. The lowest BCUT2D eigenvalue weighted by Gasteiger charge is -2.14. The molecule has 0 bridgehead atoms. The molecule has 3 aromatic heterocycles. The lowest BCUT2D eigenvalue weighted by molar-refractivity contribution is 0.589.